The summed E-state index contributed by atoms with van der Waals surface area (Å²) < 4.78 is 93.5. The summed E-state index contributed by atoms with van der Waals surface area (Å²) in [6.45, 7) is -1.31. The number of fused-ring (bicyclic) bond motifs is 10. The Labute approximate surface area is 226 Å². The number of rotatable bonds is 2. The lowest BCUT2D eigenvalue weighted by Crippen LogP contribution is -2.60. The Hall–Kier alpha value is -3.76. The third-order valence-corrected chi connectivity index (χ3v) is 8.74. The Bertz CT molecular complexity index is 2020. The first-order valence-corrected chi connectivity index (χ1v) is 12.7. The van der Waals surface area contributed by atoms with Gasteiger partial charge in [0.05, 0.1) is 33.5 Å². The summed E-state index contributed by atoms with van der Waals surface area (Å²) in [5.74, 6) is -11.3. The van der Waals surface area contributed by atoms with Crippen molar-refractivity contribution in [3.05, 3.63) is 58.7 Å². The highest BCUT2D eigenvalue weighted by atomic mass is 32.1. The molecule has 7 rings (SSSR count). The zero-order valence-electron chi connectivity index (χ0n) is 20.0. The molecule has 8 nitrogen and oxygen atoms in total. The number of aliphatic hydroxyl groups is 3. The zero-order chi connectivity index (χ0) is 29.3. The number of hydrogen-bond acceptors (Lipinski definition) is 7. The van der Waals surface area contributed by atoms with Crippen molar-refractivity contribution in [1.29, 1.82) is 0 Å². The molecule has 1 saturated heterocycles. The summed E-state index contributed by atoms with van der Waals surface area (Å²) >= 11 is 0.790. The Morgan fingerprint density at radius 1 is 0.902 bits per heavy atom. The van der Waals surface area contributed by atoms with Crippen molar-refractivity contribution in [2.24, 2.45) is 0 Å². The van der Waals surface area contributed by atoms with Gasteiger partial charge in [-0.25, -0.2) is 26.3 Å². The van der Waals surface area contributed by atoms with Crippen LogP contribution in [0.4, 0.5) is 26.3 Å². The Morgan fingerprint density at radius 2 is 1.49 bits per heavy atom. The van der Waals surface area contributed by atoms with E-state index in [0.717, 1.165) is 28.0 Å². The number of thiophene rings is 1. The van der Waals surface area contributed by atoms with E-state index in [1.165, 1.54) is 0 Å². The first kappa shape index (κ1) is 26.2. The predicted molar refractivity (Wildman–Crippen MR) is 132 cm³/mol. The van der Waals surface area contributed by atoms with Crippen molar-refractivity contribution >= 4 is 65.1 Å². The van der Waals surface area contributed by atoms with Gasteiger partial charge in [0.2, 0.25) is 0 Å². The van der Waals surface area contributed by atoms with E-state index in [1.54, 1.807) is 0 Å². The molecule has 0 unspecified atom stereocenters. The largest absolute Gasteiger partial charge is 0.393 e. The molecule has 4 atom stereocenters. The summed E-state index contributed by atoms with van der Waals surface area (Å²) in [5, 5.41) is 32.4. The van der Waals surface area contributed by atoms with Crippen LogP contribution in [0.5, 0.6) is 0 Å². The van der Waals surface area contributed by atoms with E-state index in [-0.39, 0.29) is 53.1 Å². The molecule has 4 N–H and O–H groups in total. The van der Waals surface area contributed by atoms with Crippen molar-refractivity contribution in [1.82, 2.24) is 9.88 Å². The van der Waals surface area contributed by atoms with Gasteiger partial charge < -0.3 is 24.6 Å². The highest BCUT2D eigenvalue weighted by molar-refractivity contribution is 7.26. The number of aliphatic hydroxyl groups excluding tert-OH is 3. The van der Waals surface area contributed by atoms with Gasteiger partial charge in [-0.2, -0.15) is 0 Å². The molecule has 2 amide bonds. The summed E-state index contributed by atoms with van der Waals surface area (Å²) in [6.07, 6.45) is -9.55. The molecular formula is C26H14F6N2O6S. The van der Waals surface area contributed by atoms with E-state index in [9.17, 15) is 51.3 Å². The molecule has 41 heavy (non-hydrogen) atoms. The quantitative estimate of drug-likeness (QED) is 0.182. The molecule has 2 aliphatic rings. The fourth-order valence-corrected chi connectivity index (χ4v) is 7.04. The van der Waals surface area contributed by atoms with Crippen molar-refractivity contribution in [3.8, 4) is 0 Å². The SMILES string of the molecule is O=C1NC(=O)c2c1c1c3cc(F)c(F)cc3sc1c1c2c2cc(F)c(F)cc2n1[C@@H]1O[C@H](CO)C(F)(F)[C@H](O)[C@H]1O. The second kappa shape index (κ2) is 8.39. The number of imide groups is 1. The molecule has 0 saturated carbocycles. The summed E-state index contributed by atoms with van der Waals surface area (Å²) in [4.78, 5) is 26.1. The lowest BCUT2D eigenvalue weighted by atomic mass is 9.96. The number of alkyl halides is 2. The van der Waals surface area contributed by atoms with Gasteiger partial charge in [-0.1, -0.05) is 0 Å². The molecule has 0 spiro atoms. The van der Waals surface area contributed by atoms with Gasteiger partial charge in [-0.15, -0.1) is 11.3 Å². The Kier molecular flexibility index (Phi) is 5.35. The van der Waals surface area contributed by atoms with Gasteiger partial charge >= 0.3 is 5.92 Å². The van der Waals surface area contributed by atoms with Crippen LogP contribution in [0.3, 0.4) is 0 Å². The third kappa shape index (κ3) is 3.26. The molecule has 212 valence electrons. The number of aromatic nitrogens is 1. The minimum Gasteiger partial charge on any atom is -0.393 e. The van der Waals surface area contributed by atoms with Gasteiger partial charge in [-0.3, -0.25) is 14.9 Å². The molecule has 0 bridgehead atoms. The minimum atomic E-state index is -4.13. The molecule has 15 heteroatoms. The van der Waals surface area contributed by atoms with Gasteiger partial charge in [0.15, 0.2) is 35.6 Å². The van der Waals surface area contributed by atoms with Crippen LogP contribution in [-0.2, 0) is 4.74 Å². The number of halogens is 6. The van der Waals surface area contributed by atoms with E-state index in [2.05, 4.69) is 5.32 Å². The molecular weight excluding hydrogens is 582 g/mol. The fraction of sp³-hybridized carbons (Fsp3) is 0.231. The lowest BCUT2D eigenvalue weighted by molar-refractivity contribution is -0.309. The Morgan fingerprint density at radius 3 is 2.15 bits per heavy atom. The van der Waals surface area contributed by atoms with Crippen LogP contribution in [0.15, 0.2) is 24.3 Å². The van der Waals surface area contributed by atoms with E-state index >= 15 is 0 Å². The number of hydrogen-bond donors (Lipinski definition) is 4. The second-order valence-corrected chi connectivity index (χ2v) is 10.8. The number of benzene rings is 3. The van der Waals surface area contributed by atoms with Crippen LogP contribution in [0.25, 0.3) is 42.0 Å². The summed E-state index contributed by atoms with van der Waals surface area (Å²) in [7, 11) is 0. The zero-order valence-corrected chi connectivity index (χ0v) is 20.8. The topological polar surface area (TPSA) is 121 Å². The highest BCUT2D eigenvalue weighted by Crippen LogP contribution is 2.50. The average molecular weight is 596 g/mol. The number of carbonyl (C=O) groups excluding carboxylic acids is 2. The van der Waals surface area contributed by atoms with Gasteiger partial charge in [0.1, 0.15) is 12.2 Å². The first-order valence-electron chi connectivity index (χ1n) is 11.9. The molecule has 2 aromatic heterocycles. The Balaban J connectivity index is 1.73. The standard InChI is InChI=1S/C26H14F6N2O6S/c27-8-1-6-12(3-10(8)29)34(25-20(36)22(37)26(31,32)14(5-35)40-25)19-15(6)17-18(24(39)33-23(17)38)16-7-2-9(28)11(30)4-13(7)41-21(16)19/h1-4,14,20,22,25,35-37H,5H2,(H,33,38,39)/t14-,20-,22-,25-/m1/s1. The van der Waals surface area contributed by atoms with E-state index in [0.29, 0.717) is 12.1 Å². The molecule has 2 aliphatic heterocycles. The molecule has 3 aromatic carbocycles. The number of carbonyl (C=O) groups is 2. The monoisotopic (exact) mass is 596 g/mol. The van der Waals surface area contributed by atoms with Crippen molar-refractivity contribution in [2.75, 3.05) is 6.61 Å². The first-order chi connectivity index (χ1) is 19.4. The molecule has 4 heterocycles. The van der Waals surface area contributed by atoms with E-state index < -0.39 is 72.2 Å². The van der Waals surface area contributed by atoms with Gasteiger partial charge in [0, 0.05) is 32.3 Å². The van der Waals surface area contributed by atoms with E-state index in [1.807, 2.05) is 0 Å². The molecule has 0 radical (unpaired) electrons. The highest BCUT2D eigenvalue weighted by Gasteiger charge is 2.58. The lowest BCUT2D eigenvalue weighted by Gasteiger charge is -2.42. The van der Waals surface area contributed by atoms with Crippen molar-refractivity contribution in [3.63, 3.8) is 0 Å². The molecule has 1 fully saturated rings. The average Bonchev–Trinajstić information content (AvgIpc) is 3.52. The van der Waals surface area contributed by atoms with E-state index in [4.69, 9.17) is 4.74 Å². The van der Waals surface area contributed by atoms with Crippen molar-refractivity contribution in [2.45, 2.75) is 30.5 Å². The van der Waals surface area contributed by atoms with Crippen LogP contribution >= 0.6 is 11.3 Å². The maximum absolute atomic E-state index is 14.6. The van der Waals surface area contributed by atoms with Crippen LogP contribution < -0.4 is 5.32 Å². The van der Waals surface area contributed by atoms with Crippen LogP contribution in [0.2, 0.25) is 0 Å². The van der Waals surface area contributed by atoms with Crippen LogP contribution in [0.1, 0.15) is 26.9 Å². The second-order valence-electron chi connectivity index (χ2n) is 9.79. The normalized spacial score (nSPS) is 24.2. The third-order valence-electron chi connectivity index (χ3n) is 7.59. The number of ether oxygens (including phenoxy) is 1. The predicted octanol–water partition coefficient (Wildman–Crippen LogP) is 3.85. The number of nitrogens with zero attached hydrogens (tertiary/aromatic N) is 1. The van der Waals surface area contributed by atoms with Gasteiger partial charge in [-0.05, 0) is 18.2 Å². The summed E-state index contributed by atoms with van der Waals surface area (Å²) in [5.41, 5.74) is -1.06. The number of nitrogens with one attached hydrogen (secondary N) is 1. The minimum absolute atomic E-state index is 0.00554. The van der Waals surface area contributed by atoms with Crippen molar-refractivity contribution < 1.29 is 56.0 Å². The van der Waals surface area contributed by atoms with Crippen LogP contribution in [-0.4, -0.2) is 62.5 Å². The smallest absolute Gasteiger partial charge is 0.304 e. The number of amides is 2. The van der Waals surface area contributed by atoms with Gasteiger partial charge in [0.25, 0.3) is 11.8 Å². The molecule has 0 aliphatic carbocycles. The maximum Gasteiger partial charge on any atom is 0.304 e. The van der Waals surface area contributed by atoms with Crippen LogP contribution in [0, 0.1) is 23.3 Å². The maximum atomic E-state index is 14.6. The summed E-state index contributed by atoms with van der Waals surface area (Å²) in [6, 6.07) is 2.98. The fourth-order valence-electron chi connectivity index (χ4n) is 5.78. The molecule has 5 aromatic rings.